The van der Waals surface area contributed by atoms with E-state index in [0.29, 0.717) is 17.6 Å². The molecule has 94 valence electrons. The number of hydrogen-bond acceptors (Lipinski definition) is 1. The summed E-state index contributed by atoms with van der Waals surface area (Å²) in [6, 6.07) is 17.0. The van der Waals surface area contributed by atoms with Crippen LogP contribution in [0.5, 0.6) is 0 Å². The molecule has 0 N–H and O–H groups in total. The van der Waals surface area contributed by atoms with Crippen LogP contribution in [0.15, 0.2) is 48.5 Å². The fourth-order valence-electron chi connectivity index (χ4n) is 3.82. The predicted molar refractivity (Wildman–Crippen MR) is 75.6 cm³/mol. The fourth-order valence-corrected chi connectivity index (χ4v) is 3.82. The van der Waals surface area contributed by atoms with Gasteiger partial charge in [-0.05, 0) is 35.4 Å². The maximum absolute atomic E-state index is 12.1. The Kier molecular flexibility index (Phi) is 2.34. The monoisotopic (exact) mass is 248 g/mol. The van der Waals surface area contributed by atoms with E-state index in [9.17, 15) is 4.79 Å². The van der Waals surface area contributed by atoms with Crippen LogP contribution < -0.4 is 0 Å². The summed E-state index contributed by atoms with van der Waals surface area (Å²) in [4.78, 5) is 12.1. The molecule has 0 saturated heterocycles. The first-order valence-corrected chi connectivity index (χ1v) is 7.05. The van der Waals surface area contributed by atoms with Crippen molar-refractivity contribution in [2.24, 2.45) is 0 Å². The molecule has 0 radical (unpaired) electrons. The van der Waals surface area contributed by atoms with E-state index in [4.69, 9.17) is 0 Å². The average molecular weight is 248 g/mol. The van der Waals surface area contributed by atoms with Crippen molar-refractivity contribution >= 4 is 5.78 Å². The number of carbonyl (C=O) groups is 1. The van der Waals surface area contributed by atoms with Gasteiger partial charge in [-0.3, -0.25) is 4.79 Å². The van der Waals surface area contributed by atoms with Crippen LogP contribution >= 0.6 is 0 Å². The molecule has 2 aliphatic carbocycles. The van der Waals surface area contributed by atoms with E-state index in [1.165, 1.54) is 23.1 Å². The lowest BCUT2D eigenvalue weighted by Crippen LogP contribution is -2.13. The summed E-state index contributed by atoms with van der Waals surface area (Å²) in [6.45, 7) is 0. The van der Waals surface area contributed by atoms with Gasteiger partial charge < -0.3 is 0 Å². The van der Waals surface area contributed by atoms with Crippen molar-refractivity contribution in [1.82, 2.24) is 0 Å². The molecule has 0 spiro atoms. The van der Waals surface area contributed by atoms with Gasteiger partial charge in [-0.2, -0.15) is 0 Å². The fraction of sp³-hybridized carbons (Fsp3) is 0.278. The Morgan fingerprint density at radius 1 is 0.947 bits per heavy atom. The second-order valence-corrected chi connectivity index (χ2v) is 5.67. The molecule has 0 aromatic heterocycles. The molecule has 2 aromatic carbocycles. The third-order valence-corrected chi connectivity index (χ3v) is 4.67. The van der Waals surface area contributed by atoms with Crippen molar-refractivity contribution in [3.63, 3.8) is 0 Å². The molecule has 0 heterocycles. The zero-order valence-corrected chi connectivity index (χ0v) is 10.8. The minimum Gasteiger partial charge on any atom is -0.294 e. The highest BCUT2D eigenvalue weighted by molar-refractivity contribution is 5.99. The second-order valence-electron chi connectivity index (χ2n) is 5.67. The topological polar surface area (TPSA) is 17.1 Å². The van der Waals surface area contributed by atoms with E-state index in [2.05, 4.69) is 42.5 Å². The third kappa shape index (κ3) is 1.58. The zero-order valence-electron chi connectivity index (χ0n) is 10.8. The largest absolute Gasteiger partial charge is 0.294 e. The summed E-state index contributed by atoms with van der Waals surface area (Å²) >= 11 is 0. The van der Waals surface area contributed by atoms with Gasteiger partial charge in [0.25, 0.3) is 0 Å². The van der Waals surface area contributed by atoms with Crippen LogP contribution in [-0.2, 0) is 0 Å². The minimum atomic E-state index is 0.335. The SMILES string of the molecule is O=C1CC[C@@H]2C[C@@H](c3ccccc3)c3cccc1c32. The molecule has 4 rings (SSSR count). The van der Waals surface area contributed by atoms with Crippen LogP contribution in [0.4, 0.5) is 0 Å². The normalized spacial score (nSPS) is 24.3. The maximum atomic E-state index is 12.1. The summed E-state index contributed by atoms with van der Waals surface area (Å²) in [5.41, 5.74) is 5.12. The lowest BCUT2D eigenvalue weighted by atomic mass is 9.83. The van der Waals surface area contributed by atoms with E-state index >= 15 is 0 Å². The van der Waals surface area contributed by atoms with Gasteiger partial charge in [-0.1, -0.05) is 48.5 Å². The summed E-state index contributed by atoms with van der Waals surface area (Å²) in [5.74, 6) is 1.41. The quantitative estimate of drug-likeness (QED) is 0.736. The van der Waals surface area contributed by atoms with Crippen molar-refractivity contribution in [3.8, 4) is 0 Å². The van der Waals surface area contributed by atoms with Gasteiger partial charge in [0.1, 0.15) is 0 Å². The number of benzene rings is 2. The van der Waals surface area contributed by atoms with Gasteiger partial charge in [0.15, 0.2) is 5.78 Å². The van der Waals surface area contributed by atoms with Crippen molar-refractivity contribution in [2.45, 2.75) is 31.1 Å². The van der Waals surface area contributed by atoms with E-state index in [-0.39, 0.29) is 0 Å². The number of Topliss-reactive ketones (excluding diaryl/α,β-unsaturated/α-hetero) is 1. The molecule has 0 unspecified atom stereocenters. The molecule has 0 amide bonds. The smallest absolute Gasteiger partial charge is 0.163 e. The van der Waals surface area contributed by atoms with Crippen LogP contribution in [0.25, 0.3) is 0 Å². The molecule has 1 heteroatoms. The number of rotatable bonds is 1. The third-order valence-electron chi connectivity index (χ3n) is 4.67. The van der Waals surface area contributed by atoms with Gasteiger partial charge in [-0.15, -0.1) is 0 Å². The predicted octanol–water partition coefficient (Wildman–Crippen LogP) is 4.28. The van der Waals surface area contributed by atoms with E-state index in [1.54, 1.807) is 0 Å². The van der Waals surface area contributed by atoms with Crippen molar-refractivity contribution in [1.29, 1.82) is 0 Å². The highest BCUT2D eigenvalue weighted by atomic mass is 16.1. The Labute approximate surface area is 113 Å². The standard InChI is InChI=1S/C18H16O/c19-17-10-9-13-11-16(12-5-2-1-3-6-12)14-7-4-8-15(17)18(13)14/h1-8,13,16H,9-11H2/t13-,16+/m1/s1. The molecule has 2 aliphatic rings. The first kappa shape index (κ1) is 11.0. The summed E-state index contributed by atoms with van der Waals surface area (Å²) in [7, 11) is 0. The van der Waals surface area contributed by atoms with Crippen LogP contribution in [-0.4, -0.2) is 5.78 Å². The van der Waals surface area contributed by atoms with E-state index in [1.807, 2.05) is 6.07 Å². The van der Waals surface area contributed by atoms with E-state index < -0.39 is 0 Å². The number of ketones is 1. The van der Waals surface area contributed by atoms with Gasteiger partial charge in [0.05, 0.1) is 0 Å². The van der Waals surface area contributed by atoms with Crippen molar-refractivity contribution < 1.29 is 4.79 Å². The van der Waals surface area contributed by atoms with Gasteiger partial charge in [0, 0.05) is 17.9 Å². The van der Waals surface area contributed by atoms with Crippen LogP contribution in [0.1, 0.15) is 58.1 Å². The van der Waals surface area contributed by atoms with E-state index in [0.717, 1.165) is 18.4 Å². The first-order valence-electron chi connectivity index (χ1n) is 7.05. The number of hydrogen-bond donors (Lipinski definition) is 0. The van der Waals surface area contributed by atoms with Gasteiger partial charge >= 0.3 is 0 Å². The van der Waals surface area contributed by atoms with Gasteiger partial charge in [0.2, 0.25) is 0 Å². The maximum Gasteiger partial charge on any atom is 0.163 e. The second kappa shape index (κ2) is 4.06. The Morgan fingerprint density at radius 2 is 1.79 bits per heavy atom. The molecule has 0 bridgehead atoms. The van der Waals surface area contributed by atoms with Crippen LogP contribution in [0.2, 0.25) is 0 Å². The van der Waals surface area contributed by atoms with Crippen LogP contribution in [0.3, 0.4) is 0 Å². The molecule has 0 saturated carbocycles. The molecule has 19 heavy (non-hydrogen) atoms. The molecular weight excluding hydrogens is 232 g/mol. The van der Waals surface area contributed by atoms with Crippen LogP contribution in [0, 0.1) is 0 Å². The minimum absolute atomic E-state index is 0.335. The molecule has 1 nitrogen and oxygen atoms in total. The Balaban J connectivity index is 1.88. The Bertz CT molecular complexity index is 642. The summed E-state index contributed by atoms with van der Waals surface area (Å²) in [5, 5.41) is 0. The number of carbonyl (C=O) groups excluding carboxylic acids is 1. The highest BCUT2D eigenvalue weighted by Crippen LogP contribution is 2.50. The Morgan fingerprint density at radius 3 is 2.63 bits per heavy atom. The molecule has 2 aromatic rings. The first-order chi connectivity index (χ1) is 9.34. The van der Waals surface area contributed by atoms with Gasteiger partial charge in [-0.25, -0.2) is 0 Å². The highest BCUT2D eigenvalue weighted by Gasteiger charge is 2.37. The molecule has 0 fully saturated rings. The lowest BCUT2D eigenvalue weighted by Gasteiger charge is -2.20. The average Bonchev–Trinajstić information content (AvgIpc) is 2.84. The molecular formula is C18H16O. The zero-order chi connectivity index (χ0) is 12.8. The Hall–Kier alpha value is -1.89. The van der Waals surface area contributed by atoms with Crippen molar-refractivity contribution in [3.05, 3.63) is 70.8 Å². The molecule has 2 atom stereocenters. The summed E-state index contributed by atoms with van der Waals surface area (Å²) < 4.78 is 0. The van der Waals surface area contributed by atoms with Crippen molar-refractivity contribution in [2.75, 3.05) is 0 Å². The summed E-state index contributed by atoms with van der Waals surface area (Å²) in [6.07, 6.45) is 2.93. The molecule has 0 aliphatic heterocycles. The lowest BCUT2D eigenvalue weighted by molar-refractivity contribution is 0.0967.